The van der Waals surface area contributed by atoms with Crippen LogP contribution in [0.5, 0.6) is 0 Å². The molecule has 2 aliphatic heterocycles. The minimum Gasteiger partial charge on any atom is -0.339 e. The normalized spacial score (nSPS) is 31.6. The first kappa shape index (κ1) is 12.8. The molecule has 1 amide bonds. The lowest BCUT2D eigenvalue weighted by Crippen LogP contribution is -2.44. The van der Waals surface area contributed by atoms with Gasteiger partial charge in [0.2, 0.25) is 5.91 Å². The summed E-state index contributed by atoms with van der Waals surface area (Å²) in [7, 11) is -2.92. The lowest BCUT2D eigenvalue weighted by Gasteiger charge is -2.29. The Morgan fingerprint density at radius 1 is 1.41 bits per heavy atom. The molecule has 0 spiro atoms. The topological polar surface area (TPSA) is 66.5 Å². The van der Waals surface area contributed by atoms with Crippen molar-refractivity contribution in [1.29, 1.82) is 0 Å². The Kier molecular flexibility index (Phi) is 3.73. The summed E-state index contributed by atoms with van der Waals surface area (Å²) < 4.78 is 22.9. The van der Waals surface area contributed by atoms with Gasteiger partial charge in [0, 0.05) is 19.1 Å². The van der Waals surface area contributed by atoms with Crippen molar-refractivity contribution in [2.45, 2.75) is 25.8 Å². The highest BCUT2D eigenvalue weighted by molar-refractivity contribution is 7.91. The van der Waals surface area contributed by atoms with E-state index in [-0.39, 0.29) is 29.4 Å². The monoisotopic (exact) mass is 260 g/mol. The Bertz CT molecular complexity index is 388. The number of nitrogens with zero attached hydrogens (tertiary/aromatic N) is 1. The average molecular weight is 260 g/mol. The third kappa shape index (κ3) is 2.80. The van der Waals surface area contributed by atoms with Gasteiger partial charge in [-0.05, 0) is 26.3 Å². The van der Waals surface area contributed by atoms with Crippen molar-refractivity contribution >= 4 is 15.7 Å². The van der Waals surface area contributed by atoms with E-state index in [0.29, 0.717) is 13.0 Å². The van der Waals surface area contributed by atoms with Crippen molar-refractivity contribution in [3.63, 3.8) is 0 Å². The minimum atomic E-state index is -2.92. The van der Waals surface area contributed by atoms with E-state index in [1.54, 1.807) is 4.90 Å². The van der Waals surface area contributed by atoms with Crippen LogP contribution in [0.3, 0.4) is 0 Å². The van der Waals surface area contributed by atoms with Crippen LogP contribution in [0.4, 0.5) is 0 Å². The highest BCUT2D eigenvalue weighted by Gasteiger charge is 2.36. The average Bonchev–Trinajstić information content (AvgIpc) is 2.88. The highest BCUT2D eigenvalue weighted by Crippen LogP contribution is 2.21. The molecule has 0 aromatic carbocycles. The number of hydrogen-bond acceptors (Lipinski definition) is 4. The summed E-state index contributed by atoms with van der Waals surface area (Å²) in [5, 5.41) is 3.17. The fraction of sp³-hybridized carbons (Fsp3) is 0.909. The summed E-state index contributed by atoms with van der Waals surface area (Å²) in [5.41, 5.74) is 0. The smallest absolute Gasteiger partial charge is 0.227 e. The Balaban J connectivity index is 2.03. The Morgan fingerprint density at radius 2 is 2.18 bits per heavy atom. The SMILES string of the molecule is CCN(C(=O)C1CCNC1)C1CCS(=O)(=O)C1. The zero-order valence-corrected chi connectivity index (χ0v) is 11.0. The van der Waals surface area contributed by atoms with E-state index < -0.39 is 9.84 Å². The molecule has 2 aliphatic rings. The van der Waals surface area contributed by atoms with Gasteiger partial charge in [-0.1, -0.05) is 0 Å². The summed E-state index contributed by atoms with van der Waals surface area (Å²) in [6.07, 6.45) is 1.47. The van der Waals surface area contributed by atoms with Crippen LogP contribution in [0.25, 0.3) is 0 Å². The molecule has 17 heavy (non-hydrogen) atoms. The molecule has 6 heteroatoms. The van der Waals surface area contributed by atoms with Crippen LogP contribution in [0.15, 0.2) is 0 Å². The molecule has 1 N–H and O–H groups in total. The van der Waals surface area contributed by atoms with E-state index in [1.807, 2.05) is 6.92 Å². The first-order valence-corrected chi connectivity index (χ1v) is 8.07. The van der Waals surface area contributed by atoms with Gasteiger partial charge in [-0.15, -0.1) is 0 Å². The van der Waals surface area contributed by atoms with Crippen LogP contribution < -0.4 is 5.32 Å². The zero-order chi connectivity index (χ0) is 12.5. The predicted molar refractivity (Wildman–Crippen MR) is 65.4 cm³/mol. The molecule has 2 atom stereocenters. The number of carbonyl (C=O) groups is 1. The lowest BCUT2D eigenvalue weighted by atomic mass is 10.1. The van der Waals surface area contributed by atoms with Crippen molar-refractivity contribution < 1.29 is 13.2 Å². The first-order valence-electron chi connectivity index (χ1n) is 6.25. The third-order valence-electron chi connectivity index (χ3n) is 3.68. The molecular weight excluding hydrogens is 240 g/mol. The molecule has 0 radical (unpaired) electrons. The number of carbonyl (C=O) groups excluding carboxylic acids is 1. The molecule has 0 aromatic heterocycles. The van der Waals surface area contributed by atoms with Crippen LogP contribution in [-0.2, 0) is 14.6 Å². The largest absolute Gasteiger partial charge is 0.339 e. The highest BCUT2D eigenvalue weighted by atomic mass is 32.2. The summed E-state index contributed by atoms with van der Waals surface area (Å²) >= 11 is 0. The van der Waals surface area contributed by atoms with E-state index in [0.717, 1.165) is 19.5 Å². The molecule has 2 fully saturated rings. The number of sulfone groups is 1. The van der Waals surface area contributed by atoms with E-state index in [9.17, 15) is 13.2 Å². The van der Waals surface area contributed by atoms with Crippen LogP contribution in [0, 0.1) is 5.92 Å². The van der Waals surface area contributed by atoms with Gasteiger partial charge >= 0.3 is 0 Å². The fourth-order valence-electron chi connectivity index (χ4n) is 2.72. The summed E-state index contributed by atoms with van der Waals surface area (Å²) in [4.78, 5) is 14.0. The maximum absolute atomic E-state index is 12.3. The summed E-state index contributed by atoms with van der Waals surface area (Å²) in [6.45, 7) is 4.15. The maximum atomic E-state index is 12.3. The molecule has 2 saturated heterocycles. The van der Waals surface area contributed by atoms with Gasteiger partial charge in [-0.3, -0.25) is 4.79 Å². The molecule has 5 nitrogen and oxygen atoms in total. The predicted octanol–water partition coefficient (Wildman–Crippen LogP) is -0.368. The number of nitrogens with one attached hydrogen (secondary N) is 1. The van der Waals surface area contributed by atoms with Crippen LogP contribution in [0.2, 0.25) is 0 Å². The molecule has 2 rings (SSSR count). The van der Waals surface area contributed by atoms with Gasteiger partial charge in [-0.25, -0.2) is 8.42 Å². The van der Waals surface area contributed by atoms with Gasteiger partial charge in [-0.2, -0.15) is 0 Å². The third-order valence-corrected chi connectivity index (χ3v) is 5.43. The first-order chi connectivity index (χ1) is 8.03. The van der Waals surface area contributed by atoms with E-state index >= 15 is 0 Å². The van der Waals surface area contributed by atoms with Crippen molar-refractivity contribution in [3.05, 3.63) is 0 Å². The van der Waals surface area contributed by atoms with Crippen molar-refractivity contribution in [2.24, 2.45) is 5.92 Å². The Labute approximate surface area is 102 Å². The summed E-state index contributed by atoms with van der Waals surface area (Å²) in [6, 6.07) is -0.0990. The molecule has 0 aliphatic carbocycles. The summed E-state index contributed by atoms with van der Waals surface area (Å²) in [5.74, 6) is 0.537. The van der Waals surface area contributed by atoms with E-state index in [4.69, 9.17) is 0 Å². The fourth-order valence-corrected chi connectivity index (χ4v) is 4.45. The van der Waals surface area contributed by atoms with Crippen LogP contribution in [0.1, 0.15) is 19.8 Å². The van der Waals surface area contributed by atoms with Crippen molar-refractivity contribution in [3.8, 4) is 0 Å². The quantitative estimate of drug-likeness (QED) is 0.752. The molecule has 98 valence electrons. The van der Waals surface area contributed by atoms with Gasteiger partial charge in [0.25, 0.3) is 0 Å². The van der Waals surface area contributed by atoms with Gasteiger partial charge < -0.3 is 10.2 Å². The Morgan fingerprint density at radius 3 is 2.65 bits per heavy atom. The number of rotatable bonds is 3. The van der Waals surface area contributed by atoms with Gasteiger partial charge in [0.05, 0.1) is 17.4 Å². The van der Waals surface area contributed by atoms with E-state index in [2.05, 4.69) is 5.32 Å². The van der Waals surface area contributed by atoms with Crippen molar-refractivity contribution in [2.75, 3.05) is 31.1 Å². The molecular formula is C11H20N2O3S. The molecule has 0 aromatic rings. The van der Waals surface area contributed by atoms with Crippen LogP contribution >= 0.6 is 0 Å². The second-order valence-corrected chi connectivity index (χ2v) is 7.10. The molecule has 2 heterocycles. The van der Waals surface area contributed by atoms with Gasteiger partial charge in [0.15, 0.2) is 9.84 Å². The van der Waals surface area contributed by atoms with E-state index in [1.165, 1.54) is 0 Å². The Hall–Kier alpha value is -0.620. The molecule has 2 unspecified atom stereocenters. The van der Waals surface area contributed by atoms with Gasteiger partial charge in [0.1, 0.15) is 0 Å². The standard InChI is InChI=1S/C11H20N2O3S/c1-2-13(10-4-6-17(15,16)8-10)11(14)9-3-5-12-7-9/h9-10,12H,2-8H2,1H3. The van der Waals surface area contributed by atoms with Crippen molar-refractivity contribution in [1.82, 2.24) is 10.2 Å². The minimum absolute atomic E-state index is 0.0401. The second kappa shape index (κ2) is 4.94. The maximum Gasteiger partial charge on any atom is 0.227 e. The second-order valence-electron chi connectivity index (χ2n) is 4.87. The molecule has 0 bridgehead atoms. The lowest BCUT2D eigenvalue weighted by molar-refractivity contribution is -0.136. The molecule has 0 saturated carbocycles. The number of hydrogen-bond donors (Lipinski definition) is 1. The van der Waals surface area contributed by atoms with Crippen LogP contribution in [-0.4, -0.2) is 56.4 Å². The zero-order valence-electron chi connectivity index (χ0n) is 10.2. The number of amides is 1.